The number of ether oxygens (including phenoxy) is 1. The third kappa shape index (κ3) is 2.83. The van der Waals surface area contributed by atoms with Crippen LogP contribution < -0.4 is 0 Å². The molecule has 1 atom stereocenters. The lowest BCUT2D eigenvalue weighted by atomic mass is 10.1. The molecule has 1 aromatic carbocycles. The summed E-state index contributed by atoms with van der Waals surface area (Å²) in [5.74, 6) is -2.87. The first-order chi connectivity index (χ1) is 10.5. The van der Waals surface area contributed by atoms with Crippen LogP contribution in [0, 0.1) is 0 Å². The molecule has 0 saturated carbocycles. The van der Waals surface area contributed by atoms with E-state index in [1.165, 1.54) is 12.1 Å². The van der Waals surface area contributed by atoms with Crippen LogP contribution in [-0.4, -0.2) is 46.9 Å². The molecule has 1 aliphatic rings. The van der Waals surface area contributed by atoms with E-state index < -0.39 is 29.8 Å². The van der Waals surface area contributed by atoms with Gasteiger partial charge in [-0.2, -0.15) is 0 Å². The van der Waals surface area contributed by atoms with Crippen molar-refractivity contribution in [3.05, 3.63) is 35.4 Å². The smallest absolute Gasteiger partial charge is 0.329 e. The number of hydrogen-bond acceptors (Lipinski definition) is 5. The van der Waals surface area contributed by atoms with Crippen molar-refractivity contribution in [1.82, 2.24) is 4.90 Å². The van der Waals surface area contributed by atoms with Crippen LogP contribution in [0.5, 0.6) is 0 Å². The number of carboxylic acid groups (broad SMARTS) is 1. The second kappa shape index (κ2) is 6.38. The number of benzene rings is 1. The fraction of sp³-hybridized carbons (Fsp3) is 0.333. The zero-order chi connectivity index (χ0) is 16.3. The van der Waals surface area contributed by atoms with Crippen LogP contribution in [-0.2, 0) is 14.3 Å². The highest BCUT2D eigenvalue weighted by Crippen LogP contribution is 2.26. The number of rotatable bonds is 6. The quantitative estimate of drug-likeness (QED) is 0.623. The minimum Gasteiger partial charge on any atom is -0.481 e. The number of hydrogen-bond donors (Lipinski definition) is 1. The minimum absolute atomic E-state index is 0.0461. The molecule has 1 heterocycles. The number of nitrogens with zero attached hydrogens (tertiary/aromatic N) is 1. The van der Waals surface area contributed by atoms with Crippen molar-refractivity contribution < 1.29 is 29.0 Å². The van der Waals surface area contributed by atoms with Crippen LogP contribution >= 0.6 is 0 Å². The van der Waals surface area contributed by atoms with Gasteiger partial charge in [-0.3, -0.25) is 19.3 Å². The standard InChI is InChI=1S/C15H15NO6/c1-22-15(21)11(7-4-8-12(17)18)16-13(19)9-5-2-3-6-10(9)14(16)20/h2-3,5-6,11H,4,7-8H2,1H3,(H,17,18). The number of carboxylic acids is 1. The van der Waals surface area contributed by atoms with Crippen molar-refractivity contribution >= 4 is 23.8 Å². The summed E-state index contributed by atoms with van der Waals surface area (Å²) in [7, 11) is 1.16. The SMILES string of the molecule is COC(=O)C(CCCC(=O)O)N1C(=O)c2ccccc2C1=O. The van der Waals surface area contributed by atoms with E-state index in [4.69, 9.17) is 5.11 Å². The predicted octanol–water partition coefficient (Wildman–Crippen LogP) is 1.08. The molecule has 7 heteroatoms. The third-order valence-corrected chi connectivity index (χ3v) is 3.48. The van der Waals surface area contributed by atoms with Gasteiger partial charge in [0.25, 0.3) is 11.8 Å². The van der Waals surface area contributed by atoms with Crippen molar-refractivity contribution in [3.63, 3.8) is 0 Å². The number of esters is 1. The first-order valence-electron chi connectivity index (χ1n) is 6.74. The number of carbonyl (C=O) groups excluding carboxylic acids is 3. The van der Waals surface area contributed by atoms with Gasteiger partial charge in [0.2, 0.25) is 0 Å². The lowest BCUT2D eigenvalue weighted by Gasteiger charge is -2.23. The summed E-state index contributed by atoms with van der Waals surface area (Å²) in [6.45, 7) is 0. The summed E-state index contributed by atoms with van der Waals surface area (Å²) < 4.78 is 4.65. The van der Waals surface area contributed by atoms with Crippen molar-refractivity contribution in [2.24, 2.45) is 0 Å². The molecule has 0 bridgehead atoms. The topological polar surface area (TPSA) is 101 Å². The zero-order valence-electron chi connectivity index (χ0n) is 11.9. The van der Waals surface area contributed by atoms with Crippen LogP contribution in [0.15, 0.2) is 24.3 Å². The first-order valence-corrected chi connectivity index (χ1v) is 6.74. The van der Waals surface area contributed by atoms with Crippen LogP contribution in [0.25, 0.3) is 0 Å². The molecule has 0 radical (unpaired) electrons. The molecule has 0 spiro atoms. The fourth-order valence-corrected chi connectivity index (χ4v) is 2.43. The molecule has 22 heavy (non-hydrogen) atoms. The molecule has 0 fully saturated rings. The summed E-state index contributed by atoms with van der Waals surface area (Å²) >= 11 is 0. The summed E-state index contributed by atoms with van der Waals surface area (Å²) in [6.07, 6.45) is 0.0452. The van der Waals surface area contributed by atoms with Crippen molar-refractivity contribution in [2.75, 3.05) is 7.11 Å². The van der Waals surface area contributed by atoms with E-state index >= 15 is 0 Å². The Bertz CT molecular complexity index is 604. The number of imide groups is 1. The van der Waals surface area contributed by atoms with Crippen molar-refractivity contribution in [2.45, 2.75) is 25.3 Å². The summed E-state index contributed by atoms with van der Waals surface area (Å²) in [6, 6.07) is 5.18. The lowest BCUT2D eigenvalue weighted by molar-refractivity contribution is -0.146. The number of carbonyl (C=O) groups is 4. The Balaban J connectivity index is 2.25. The molecule has 0 aromatic heterocycles. The Labute approximate surface area is 126 Å². The summed E-state index contributed by atoms with van der Waals surface area (Å²) in [5, 5.41) is 8.67. The van der Waals surface area contributed by atoms with E-state index in [9.17, 15) is 19.2 Å². The van der Waals surface area contributed by atoms with E-state index in [1.807, 2.05) is 0 Å². The molecular formula is C15H15NO6. The summed E-state index contributed by atoms with van der Waals surface area (Å²) in [5.41, 5.74) is 0.472. The first kappa shape index (κ1) is 15.7. The van der Waals surface area contributed by atoms with Gasteiger partial charge in [-0.25, -0.2) is 4.79 Å². The maximum atomic E-state index is 12.3. The molecule has 1 N–H and O–H groups in total. The Morgan fingerprint density at radius 3 is 2.18 bits per heavy atom. The fourth-order valence-electron chi connectivity index (χ4n) is 2.43. The van der Waals surface area contributed by atoms with Gasteiger partial charge in [0.05, 0.1) is 18.2 Å². The average Bonchev–Trinajstić information content (AvgIpc) is 2.75. The number of amides is 2. The Morgan fingerprint density at radius 2 is 1.73 bits per heavy atom. The van der Waals surface area contributed by atoms with Gasteiger partial charge in [0, 0.05) is 6.42 Å². The van der Waals surface area contributed by atoms with Gasteiger partial charge in [-0.15, -0.1) is 0 Å². The predicted molar refractivity (Wildman–Crippen MR) is 74.2 cm³/mol. The van der Waals surface area contributed by atoms with E-state index in [0.29, 0.717) is 0 Å². The van der Waals surface area contributed by atoms with Gasteiger partial charge < -0.3 is 9.84 Å². The van der Waals surface area contributed by atoms with Crippen LogP contribution in [0.1, 0.15) is 40.0 Å². The molecular weight excluding hydrogens is 290 g/mol. The average molecular weight is 305 g/mol. The van der Waals surface area contributed by atoms with Crippen molar-refractivity contribution in [1.29, 1.82) is 0 Å². The minimum atomic E-state index is -1.11. The second-order valence-corrected chi connectivity index (χ2v) is 4.85. The molecule has 1 aliphatic heterocycles. The molecule has 2 amide bonds. The number of aliphatic carboxylic acids is 1. The maximum Gasteiger partial charge on any atom is 0.329 e. The monoisotopic (exact) mass is 305 g/mol. The summed E-state index contributed by atoms with van der Waals surface area (Å²) in [4.78, 5) is 48.0. The highest BCUT2D eigenvalue weighted by atomic mass is 16.5. The Morgan fingerprint density at radius 1 is 1.18 bits per heavy atom. The molecule has 0 aliphatic carbocycles. The van der Waals surface area contributed by atoms with Gasteiger partial charge in [-0.1, -0.05) is 12.1 Å². The van der Waals surface area contributed by atoms with E-state index in [2.05, 4.69) is 4.74 Å². The van der Waals surface area contributed by atoms with Crippen molar-refractivity contribution in [3.8, 4) is 0 Å². The second-order valence-electron chi connectivity index (χ2n) is 4.85. The normalized spacial score (nSPS) is 14.7. The molecule has 7 nitrogen and oxygen atoms in total. The Hall–Kier alpha value is -2.70. The molecule has 0 saturated heterocycles. The lowest BCUT2D eigenvalue weighted by Crippen LogP contribution is -2.45. The highest BCUT2D eigenvalue weighted by molar-refractivity contribution is 6.22. The number of methoxy groups -OCH3 is 1. The Kier molecular flexibility index (Phi) is 4.55. The molecule has 116 valence electrons. The largest absolute Gasteiger partial charge is 0.481 e. The van der Waals surface area contributed by atoms with E-state index in [0.717, 1.165) is 12.0 Å². The van der Waals surface area contributed by atoms with E-state index in [-0.39, 0.29) is 30.4 Å². The van der Waals surface area contributed by atoms with Gasteiger partial charge in [0.1, 0.15) is 6.04 Å². The van der Waals surface area contributed by atoms with Crippen LogP contribution in [0.4, 0.5) is 0 Å². The van der Waals surface area contributed by atoms with Crippen LogP contribution in [0.3, 0.4) is 0 Å². The maximum absolute atomic E-state index is 12.3. The highest BCUT2D eigenvalue weighted by Gasteiger charge is 2.42. The number of fused-ring (bicyclic) bond motifs is 1. The molecule has 2 rings (SSSR count). The van der Waals surface area contributed by atoms with Gasteiger partial charge in [-0.05, 0) is 25.0 Å². The van der Waals surface area contributed by atoms with Crippen LogP contribution in [0.2, 0.25) is 0 Å². The van der Waals surface area contributed by atoms with E-state index in [1.54, 1.807) is 12.1 Å². The zero-order valence-corrected chi connectivity index (χ0v) is 11.9. The van der Waals surface area contributed by atoms with Gasteiger partial charge in [0.15, 0.2) is 0 Å². The molecule has 1 unspecified atom stereocenters. The van der Waals surface area contributed by atoms with Gasteiger partial charge >= 0.3 is 11.9 Å². The third-order valence-electron chi connectivity index (χ3n) is 3.48. The molecule has 1 aromatic rings.